The number of nitrogens with one attached hydrogen (secondary N) is 1. The number of hydrogen-bond donors (Lipinski definition) is 2. The van der Waals surface area contributed by atoms with Crippen molar-refractivity contribution < 1.29 is 14.6 Å². The smallest absolute Gasteiger partial charge is 0.243 e. The van der Waals surface area contributed by atoms with E-state index >= 15 is 0 Å². The van der Waals surface area contributed by atoms with E-state index < -0.39 is 0 Å². The lowest BCUT2D eigenvalue weighted by molar-refractivity contribution is -0.121. The van der Waals surface area contributed by atoms with Crippen molar-refractivity contribution in [3.05, 3.63) is 55.4 Å². The van der Waals surface area contributed by atoms with E-state index in [4.69, 9.17) is 4.74 Å². The summed E-state index contributed by atoms with van der Waals surface area (Å²) in [4.78, 5) is 11.7. The molecule has 2 N–H and O–H groups in total. The molecular formula is C16H13Br3N2O3. The van der Waals surface area contributed by atoms with Gasteiger partial charge in [0.25, 0.3) is 0 Å². The minimum Gasteiger partial charge on any atom is -0.506 e. The Morgan fingerprint density at radius 2 is 1.92 bits per heavy atom. The molecule has 2 aromatic rings. The fourth-order valence-corrected chi connectivity index (χ4v) is 3.31. The van der Waals surface area contributed by atoms with Crippen molar-refractivity contribution in [3.63, 3.8) is 0 Å². The second-order valence-corrected chi connectivity index (χ2v) is 7.31. The first kappa shape index (κ1) is 19.0. The van der Waals surface area contributed by atoms with Crippen LogP contribution in [0, 0.1) is 0 Å². The number of hydrazone groups is 1. The first-order valence-corrected chi connectivity index (χ1v) is 9.22. The highest BCUT2D eigenvalue weighted by molar-refractivity contribution is 9.11. The van der Waals surface area contributed by atoms with Crippen LogP contribution in [0.1, 0.15) is 12.0 Å². The largest absolute Gasteiger partial charge is 0.506 e. The van der Waals surface area contributed by atoms with Crippen molar-refractivity contribution in [1.29, 1.82) is 0 Å². The summed E-state index contributed by atoms with van der Waals surface area (Å²) < 4.78 is 7.47. The third-order valence-corrected chi connectivity index (χ3v) is 4.54. The minimum absolute atomic E-state index is 0.112. The molecule has 8 heteroatoms. The Hall–Kier alpha value is -1.38. The van der Waals surface area contributed by atoms with Gasteiger partial charge in [0.15, 0.2) is 0 Å². The number of carbonyl (C=O) groups is 1. The highest BCUT2D eigenvalue weighted by Crippen LogP contribution is 2.32. The molecule has 0 saturated carbocycles. The number of amides is 1. The molecule has 1 amide bonds. The number of benzene rings is 2. The molecule has 24 heavy (non-hydrogen) atoms. The predicted molar refractivity (Wildman–Crippen MR) is 103 cm³/mol. The molecule has 5 nitrogen and oxygen atoms in total. The molecule has 0 bridgehead atoms. The van der Waals surface area contributed by atoms with Crippen LogP contribution in [0.2, 0.25) is 0 Å². The van der Waals surface area contributed by atoms with Crippen molar-refractivity contribution in [3.8, 4) is 11.5 Å². The number of phenols is 1. The molecule has 2 rings (SSSR count). The van der Waals surface area contributed by atoms with Crippen LogP contribution in [0.25, 0.3) is 0 Å². The highest BCUT2D eigenvalue weighted by Gasteiger charge is 2.05. The van der Waals surface area contributed by atoms with E-state index in [2.05, 4.69) is 58.3 Å². The van der Waals surface area contributed by atoms with Gasteiger partial charge in [0.1, 0.15) is 11.5 Å². The van der Waals surface area contributed by atoms with E-state index in [-0.39, 0.29) is 24.7 Å². The van der Waals surface area contributed by atoms with E-state index in [0.717, 1.165) is 10.0 Å². The maximum Gasteiger partial charge on any atom is 0.243 e. The van der Waals surface area contributed by atoms with E-state index in [1.54, 1.807) is 12.1 Å². The molecule has 0 spiro atoms. The Balaban J connectivity index is 1.78. The lowest BCUT2D eigenvalue weighted by Crippen LogP contribution is -2.20. The van der Waals surface area contributed by atoms with Gasteiger partial charge in [-0.15, -0.1) is 0 Å². The molecule has 126 valence electrons. The van der Waals surface area contributed by atoms with Crippen LogP contribution in [0.15, 0.2) is 54.9 Å². The van der Waals surface area contributed by atoms with Gasteiger partial charge in [0, 0.05) is 4.47 Å². The second-order valence-electron chi connectivity index (χ2n) is 4.68. The molecule has 0 unspecified atom stereocenters. The van der Waals surface area contributed by atoms with E-state index in [9.17, 15) is 9.90 Å². The molecule has 0 aliphatic rings. The number of nitrogens with zero attached hydrogens (tertiary/aromatic N) is 1. The van der Waals surface area contributed by atoms with Crippen LogP contribution < -0.4 is 10.2 Å². The third kappa shape index (κ3) is 5.92. The van der Waals surface area contributed by atoms with Gasteiger partial charge in [0.2, 0.25) is 5.91 Å². The first-order valence-electron chi connectivity index (χ1n) is 6.84. The predicted octanol–water partition coefficient (Wildman–Crippen LogP) is 4.60. The molecule has 0 heterocycles. The van der Waals surface area contributed by atoms with Gasteiger partial charge in [-0.3, -0.25) is 4.79 Å². The molecule has 0 radical (unpaired) electrons. The summed E-state index contributed by atoms with van der Waals surface area (Å²) in [6, 6.07) is 10.8. The summed E-state index contributed by atoms with van der Waals surface area (Å²) in [5.41, 5.74) is 3.15. The number of rotatable bonds is 6. The number of phenolic OH excluding ortho intramolecular Hbond substituents is 1. The van der Waals surface area contributed by atoms with Gasteiger partial charge in [0.05, 0.1) is 28.2 Å². The van der Waals surface area contributed by atoms with Crippen molar-refractivity contribution in [1.82, 2.24) is 5.43 Å². The average Bonchev–Trinajstić information content (AvgIpc) is 2.52. The van der Waals surface area contributed by atoms with Crippen LogP contribution in [-0.4, -0.2) is 23.8 Å². The highest BCUT2D eigenvalue weighted by atomic mass is 79.9. The number of ether oxygens (including phenoxy) is 1. The molecule has 0 aliphatic heterocycles. The zero-order valence-electron chi connectivity index (χ0n) is 12.3. The Kier molecular flexibility index (Phi) is 7.26. The van der Waals surface area contributed by atoms with Crippen LogP contribution in [-0.2, 0) is 4.79 Å². The normalized spacial score (nSPS) is 10.8. The van der Waals surface area contributed by atoms with E-state index in [1.807, 2.05) is 24.3 Å². The van der Waals surface area contributed by atoms with Crippen molar-refractivity contribution >= 4 is 59.9 Å². The van der Waals surface area contributed by atoms with E-state index in [0.29, 0.717) is 14.7 Å². The number of halogens is 3. The van der Waals surface area contributed by atoms with E-state index in [1.165, 1.54) is 6.21 Å². The van der Waals surface area contributed by atoms with Crippen LogP contribution in [0.5, 0.6) is 11.5 Å². The van der Waals surface area contributed by atoms with Gasteiger partial charge in [-0.25, -0.2) is 5.43 Å². The molecular weight excluding hydrogens is 508 g/mol. The molecule has 0 atom stereocenters. The fourth-order valence-electron chi connectivity index (χ4n) is 1.71. The maximum absolute atomic E-state index is 11.7. The molecule has 0 aromatic heterocycles. The van der Waals surface area contributed by atoms with Gasteiger partial charge >= 0.3 is 0 Å². The SMILES string of the molecule is O=C(CCOc1cccc(Br)c1)N/N=C/c1cc(Br)c(O)c(Br)c1. The zero-order chi connectivity index (χ0) is 17.5. The second kappa shape index (κ2) is 9.19. The quantitative estimate of drug-likeness (QED) is 0.432. The van der Waals surface area contributed by atoms with Crippen molar-refractivity contribution in [2.75, 3.05) is 6.61 Å². The standard InChI is InChI=1S/C16H13Br3N2O3/c17-11-2-1-3-12(8-11)24-5-4-15(22)21-20-9-10-6-13(18)16(23)14(19)7-10/h1-3,6-9,23H,4-5H2,(H,21,22)/b20-9+. The van der Waals surface area contributed by atoms with Crippen molar-refractivity contribution in [2.24, 2.45) is 5.10 Å². The monoisotopic (exact) mass is 518 g/mol. The average molecular weight is 521 g/mol. The van der Waals surface area contributed by atoms with Crippen LogP contribution >= 0.6 is 47.8 Å². The molecule has 0 saturated heterocycles. The third-order valence-electron chi connectivity index (χ3n) is 2.84. The lowest BCUT2D eigenvalue weighted by atomic mass is 10.2. The van der Waals surface area contributed by atoms with Gasteiger partial charge in [-0.05, 0) is 67.8 Å². The number of hydrogen-bond acceptors (Lipinski definition) is 4. The summed E-state index contributed by atoms with van der Waals surface area (Å²) in [6.45, 7) is 0.258. The lowest BCUT2D eigenvalue weighted by Gasteiger charge is -2.05. The Morgan fingerprint density at radius 3 is 2.58 bits per heavy atom. The van der Waals surface area contributed by atoms with Crippen molar-refractivity contribution in [2.45, 2.75) is 6.42 Å². The molecule has 0 aliphatic carbocycles. The Labute approximate surface area is 164 Å². The summed E-state index contributed by atoms with van der Waals surface area (Å²) in [7, 11) is 0. The van der Waals surface area contributed by atoms with Gasteiger partial charge in [-0.2, -0.15) is 5.10 Å². The molecule has 2 aromatic carbocycles. The number of carbonyl (C=O) groups excluding carboxylic acids is 1. The minimum atomic E-state index is -0.252. The van der Waals surface area contributed by atoms with Gasteiger partial charge < -0.3 is 9.84 Å². The summed E-state index contributed by atoms with van der Waals surface area (Å²) in [5, 5.41) is 13.5. The Bertz CT molecular complexity index is 743. The maximum atomic E-state index is 11.7. The first-order chi connectivity index (χ1) is 11.5. The van der Waals surface area contributed by atoms with Crippen LogP contribution in [0.4, 0.5) is 0 Å². The fraction of sp³-hybridized carbons (Fsp3) is 0.125. The summed E-state index contributed by atoms with van der Waals surface area (Å²) in [6.07, 6.45) is 1.68. The Morgan fingerprint density at radius 1 is 1.21 bits per heavy atom. The van der Waals surface area contributed by atoms with Crippen LogP contribution in [0.3, 0.4) is 0 Å². The van der Waals surface area contributed by atoms with Gasteiger partial charge in [-0.1, -0.05) is 22.0 Å². The zero-order valence-corrected chi connectivity index (χ0v) is 17.1. The number of aromatic hydroxyl groups is 1. The topological polar surface area (TPSA) is 70.9 Å². The molecule has 0 fully saturated rings. The summed E-state index contributed by atoms with van der Waals surface area (Å²) in [5.74, 6) is 0.554. The summed E-state index contributed by atoms with van der Waals surface area (Å²) >= 11 is 9.81.